The van der Waals surface area contributed by atoms with Crippen LogP contribution in [0.5, 0.6) is 0 Å². The Morgan fingerprint density at radius 1 is 1.46 bits per heavy atom. The van der Waals surface area contributed by atoms with Gasteiger partial charge in [0.15, 0.2) is 0 Å². The van der Waals surface area contributed by atoms with Crippen molar-refractivity contribution < 1.29 is 9.53 Å². The largest absolute Gasteiger partial charge is 0.462 e. The number of rotatable bonds is 3. The van der Waals surface area contributed by atoms with E-state index < -0.39 is 0 Å². The van der Waals surface area contributed by atoms with E-state index in [1.54, 1.807) is 20.2 Å². The molecule has 2 aromatic heterocycles. The molecule has 3 rings (SSSR count). The molecule has 0 bridgehead atoms. The van der Waals surface area contributed by atoms with E-state index in [0.29, 0.717) is 34.6 Å². The first-order valence-electron chi connectivity index (χ1n) is 8.37. The van der Waals surface area contributed by atoms with Crippen LogP contribution in [0.1, 0.15) is 61.1 Å². The van der Waals surface area contributed by atoms with Crippen LogP contribution in [0.25, 0.3) is 10.9 Å². The van der Waals surface area contributed by atoms with E-state index >= 15 is 0 Å². The van der Waals surface area contributed by atoms with Crippen molar-refractivity contribution in [3.05, 3.63) is 33.4 Å². The minimum absolute atomic E-state index is 0.155. The molecular formula is C19H22N2O3. The average molecular weight is 326 g/mol. The predicted molar refractivity (Wildman–Crippen MR) is 93.2 cm³/mol. The Hall–Kier alpha value is -2.48. The van der Waals surface area contributed by atoms with Gasteiger partial charge in [0.05, 0.1) is 17.7 Å². The SMILES string of the molecule is CCOC(=O)c1c(C2CC2)[nH]c2c(=O)n(C)cc(C#CC(C)C)c12. The summed E-state index contributed by atoms with van der Waals surface area (Å²) in [6, 6.07) is 0. The monoisotopic (exact) mass is 326 g/mol. The van der Waals surface area contributed by atoms with E-state index in [-0.39, 0.29) is 17.4 Å². The molecule has 5 nitrogen and oxygen atoms in total. The minimum atomic E-state index is -0.383. The molecule has 0 amide bonds. The van der Waals surface area contributed by atoms with E-state index in [2.05, 4.69) is 16.8 Å². The Kier molecular flexibility index (Phi) is 4.23. The molecule has 0 aliphatic heterocycles. The molecule has 1 fully saturated rings. The number of pyridine rings is 1. The van der Waals surface area contributed by atoms with Gasteiger partial charge in [0.1, 0.15) is 5.52 Å². The van der Waals surface area contributed by atoms with Crippen LogP contribution in [0, 0.1) is 17.8 Å². The summed E-state index contributed by atoms with van der Waals surface area (Å²) in [4.78, 5) is 28.3. The molecule has 0 saturated heterocycles. The highest BCUT2D eigenvalue weighted by Crippen LogP contribution is 2.43. The van der Waals surface area contributed by atoms with Gasteiger partial charge in [-0.3, -0.25) is 4.79 Å². The Bertz CT molecular complexity index is 918. The lowest BCUT2D eigenvalue weighted by Gasteiger charge is -2.05. The molecule has 2 heterocycles. The first-order chi connectivity index (χ1) is 11.4. The molecule has 24 heavy (non-hydrogen) atoms. The van der Waals surface area contributed by atoms with Crippen LogP contribution in [-0.4, -0.2) is 22.1 Å². The van der Waals surface area contributed by atoms with Crippen LogP contribution in [0.4, 0.5) is 0 Å². The van der Waals surface area contributed by atoms with Crippen LogP contribution in [0.2, 0.25) is 0 Å². The van der Waals surface area contributed by atoms with Gasteiger partial charge >= 0.3 is 5.97 Å². The maximum absolute atomic E-state index is 12.6. The van der Waals surface area contributed by atoms with Crippen LogP contribution >= 0.6 is 0 Å². The number of aromatic amines is 1. The number of ether oxygens (including phenoxy) is 1. The Balaban J connectivity index is 2.35. The first kappa shape index (κ1) is 16.4. The van der Waals surface area contributed by atoms with Crippen molar-refractivity contribution in [3.8, 4) is 11.8 Å². The number of nitrogens with one attached hydrogen (secondary N) is 1. The van der Waals surface area contributed by atoms with Gasteiger partial charge in [0.25, 0.3) is 5.56 Å². The molecule has 1 aliphatic rings. The zero-order valence-corrected chi connectivity index (χ0v) is 14.5. The minimum Gasteiger partial charge on any atom is -0.462 e. The molecule has 0 spiro atoms. The van der Waals surface area contributed by atoms with E-state index in [1.165, 1.54) is 4.57 Å². The molecule has 1 N–H and O–H groups in total. The van der Waals surface area contributed by atoms with Crippen LogP contribution in [-0.2, 0) is 11.8 Å². The molecule has 1 aliphatic carbocycles. The van der Waals surface area contributed by atoms with E-state index in [4.69, 9.17) is 4.74 Å². The molecule has 0 aromatic carbocycles. The Labute approximate surface area is 141 Å². The van der Waals surface area contributed by atoms with Crippen molar-refractivity contribution in [1.29, 1.82) is 0 Å². The van der Waals surface area contributed by atoms with Crippen LogP contribution in [0.3, 0.4) is 0 Å². The Morgan fingerprint density at radius 3 is 2.75 bits per heavy atom. The van der Waals surface area contributed by atoms with Crippen molar-refractivity contribution in [2.75, 3.05) is 6.61 Å². The fraction of sp³-hybridized carbons (Fsp3) is 0.474. The maximum atomic E-state index is 12.6. The second-order valence-electron chi connectivity index (χ2n) is 6.54. The van der Waals surface area contributed by atoms with Gasteiger partial charge in [-0.15, -0.1) is 0 Å². The lowest BCUT2D eigenvalue weighted by molar-refractivity contribution is 0.0527. The van der Waals surface area contributed by atoms with Gasteiger partial charge in [0.2, 0.25) is 0 Å². The molecule has 0 atom stereocenters. The number of nitrogens with zero attached hydrogens (tertiary/aromatic N) is 1. The quantitative estimate of drug-likeness (QED) is 0.697. The normalized spacial score (nSPS) is 13.9. The number of carbonyl (C=O) groups excluding carboxylic acids is 1. The lowest BCUT2D eigenvalue weighted by atomic mass is 10.0. The second-order valence-corrected chi connectivity index (χ2v) is 6.54. The fourth-order valence-corrected chi connectivity index (χ4v) is 2.85. The number of aromatic nitrogens is 2. The summed E-state index contributed by atoms with van der Waals surface area (Å²) < 4.78 is 6.76. The van der Waals surface area contributed by atoms with Crippen molar-refractivity contribution in [2.24, 2.45) is 13.0 Å². The summed E-state index contributed by atoms with van der Waals surface area (Å²) >= 11 is 0. The molecule has 0 unspecified atom stereocenters. The van der Waals surface area contributed by atoms with Crippen molar-refractivity contribution in [2.45, 2.75) is 39.5 Å². The molecule has 1 saturated carbocycles. The fourth-order valence-electron chi connectivity index (χ4n) is 2.85. The molecule has 0 radical (unpaired) electrons. The zero-order chi connectivity index (χ0) is 17.4. The molecule has 2 aromatic rings. The highest BCUT2D eigenvalue weighted by Gasteiger charge is 2.33. The Morgan fingerprint density at radius 2 is 2.17 bits per heavy atom. The zero-order valence-electron chi connectivity index (χ0n) is 14.5. The van der Waals surface area contributed by atoms with E-state index in [1.807, 2.05) is 13.8 Å². The summed E-state index contributed by atoms with van der Waals surface area (Å²) in [7, 11) is 1.70. The topological polar surface area (TPSA) is 64.1 Å². The average Bonchev–Trinajstić information content (AvgIpc) is 3.29. The number of aryl methyl sites for hydroxylation is 1. The van der Waals surface area contributed by atoms with Gasteiger partial charge in [-0.05, 0) is 25.7 Å². The number of hydrogen-bond donors (Lipinski definition) is 1. The molecule has 5 heteroatoms. The van der Waals surface area contributed by atoms with Gasteiger partial charge in [-0.2, -0.15) is 0 Å². The van der Waals surface area contributed by atoms with Gasteiger partial charge < -0.3 is 14.3 Å². The summed E-state index contributed by atoms with van der Waals surface area (Å²) in [5, 5.41) is 0.603. The van der Waals surface area contributed by atoms with E-state index in [0.717, 1.165) is 18.5 Å². The number of hydrogen-bond acceptors (Lipinski definition) is 3. The summed E-state index contributed by atoms with van der Waals surface area (Å²) in [6.07, 6.45) is 3.74. The van der Waals surface area contributed by atoms with E-state index in [9.17, 15) is 9.59 Å². The van der Waals surface area contributed by atoms with Crippen molar-refractivity contribution >= 4 is 16.9 Å². The smallest absolute Gasteiger partial charge is 0.340 e. The number of esters is 1. The maximum Gasteiger partial charge on any atom is 0.340 e. The standard InChI is InChI=1S/C19H22N2O3/c1-5-24-19(23)15-14-13(7-6-11(2)3)10-21(4)18(22)17(14)20-16(15)12-8-9-12/h10-12,20H,5,8-9H2,1-4H3. The third kappa shape index (κ3) is 2.84. The summed E-state index contributed by atoms with van der Waals surface area (Å²) in [6.45, 7) is 6.09. The van der Waals surface area contributed by atoms with Gasteiger partial charge in [0, 0.05) is 30.2 Å². The first-order valence-corrected chi connectivity index (χ1v) is 8.37. The predicted octanol–water partition coefficient (Wildman–Crippen LogP) is 2.93. The van der Waals surface area contributed by atoms with Gasteiger partial charge in [-0.25, -0.2) is 4.79 Å². The van der Waals surface area contributed by atoms with Crippen molar-refractivity contribution in [1.82, 2.24) is 9.55 Å². The summed E-state index contributed by atoms with van der Waals surface area (Å²) in [5.41, 5.74) is 2.28. The van der Waals surface area contributed by atoms with Gasteiger partial charge in [-0.1, -0.05) is 25.7 Å². The van der Waals surface area contributed by atoms with Crippen molar-refractivity contribution in [3.63, 3.8) is 0 Å². The third-order valence-electron chi connectivity index (χ3n) is 4.12. The number of fused-ring (bicyclic) bond motifs is 1. The highest BCUT2D eigenvalue weighted by molar-refractivity contribution is 6.07. The molecule has 126 valence electrons. The van der Waals surface area contributed by atoms with Crippen LogP contribution in [0.15, 0.2) is 11.0 Å². The number of H-pyrrole nitrogens is 1. The number of carbonyl (C=O) groups is 1. The summed E-state index contributed by atoms with van der Waals surface area (Å²) in [5.74, 6) is 6.36. The highest BCUT2D eigenvalue weighted by atomic mass is 16.5. The second kappa shape index (κ2) is 6.20. The lowest BCUT2D eigenvalue weighted by Crippen LogP contribution is -2.17. The van der Waals surface area contributed by atoms with Crippen LogP contribution < -0.4 is 5.56 Å². The molecular weight excluding hydrogens is 304 g/mol. The third-order valence-corrected chi connectivity index (χ3v) is 4.12.